The first kappa shape index (κ1) is 19.1. The van der Waals surface area contributed by atoms with E-state index in [1.54, 1.807) is 11.9 Å². The van der Waals surface area contributed by atoms with Crippen LogP contribution in [-0.4, -0.2) is 36.6 Å². The highest BCUT2D eigenvalue weighted by atomic mass is 16.2. The SMILES string of the molecule is CCCC(C=O)N1Cc2c(C)cc(C3(N)CC3)cc2C1=O.CNC=O. The van der Waals surface area contributed by atoms with Crippen molar-refractivity contribution in [3.8, 4) is 0 Å². The summed E-state index contributed by atoms with van der Waals surface area (Å²) in [7, 11) is 1.56. The van der Waals surface area contributed by atoms with Crippen molar-refractivity contribution < 1.29 is 14.4 Å². The molecule has 1 heterocycles. The Morgan fingerprint density at radius 1 is 1.36 bits per heavy atom. The lowest BCUT2D eigenvalue weighted by atomic mass is 9.96. The van der Waals surface area contributed by atoms with E-state index < -0.39 is 0 Å². The second-order valence-electron chi connectivity index (χ2n) is 6.81. The van der Waals surface area contributed by atoms with Crippen molar-refractivity contribution in [1.82, 2.24) is 10.2 Å². The fraction of sp³-hybridized carbons (Fsp3) is 0.526. The van der Waals surface area contributed by atoms with Crippen molar-refractivity contribution >= 4 is 18.6 Å². The Labute approximate surface area is 148 Å². The Kier molecular flexibility index (Phi) is 5.95. The fourth-order valence-electron chi connectivity index (χ4n) is 3.19. The van der Waals surface area contributed by atoms with Crippen LogP contribution in [0.15, 0.2) is 12.1 Å². The molecular formula is C19H27N3O3. The third-order valence-electron chi connectivity index (χ3n) is 4.92. The van der Waals surface area contributed by atoms with Crippen molar-refractivity contribution in [3.63, 3.8) is 0 Å². The molecule has 25 heavy (non-hydrogen) atoms. The lowest BCUT2D eigenvalue weighted by Crippen LogP contribution is -2.36. The minimum Gasteiger partial charge on any atom is -0.362 e. The van der Waals surface area contributed by atoms with E-state index in [0.717, 1.165) is 54.2 Å². The number of hydrogen-bond acceptors (Lipinski definition) is 4. The first-order valence-corrected chi connectivity index (χ1v) is 8.71. The molecule has 0 aromatic heterocycles. The van der Waals surface area contributed by atoms with Crippen LogP contribution in [0.4, 0.5) is 0 Å². The Bertz CT molecular complexity index is 668. The molecule has 0 bridgehead atoms. The number of carbonyl (C=O) groups excluding carboxylic acids is 3. The molecule has 0 radical (unpaired) electrons. The number of nitrogens with two attached hydrogens (primary N) is 1. The van der Waals surface area contributed by atoms with Crippen LogP contribution in [0.25, 0.3) is 0 Å². The molecule has 2 amide bonds. The highest BCUT2D eigenvalue weighted by Crippen LogP contribution is 2.44. The highest BCUT2D eigenvalue weighted by Gasteiger charge is 2.42. The third kappa shape index (κ3) is 3.90. The molecule has 1 aliphatic carbocycles. The van der Waals surface area contributed by atoms with Crippen LogP contribution < -0.4 is 11.1 Å². The maximum Gasteiger partial charge on any atom is 0.255 e. The molecule has 6 nitrogen and oxygen atoms in total. The van der Waals surface area contributed by atoms with Crippen LogP contribution >= 0.6 is 0 Å². The van der Waals surface area contributed by atoms with E-state index in [0.29, 0.717) is 13.0 Å². The van der Waals surface area contributed by atoms with Crippen LogP contribution in [0, 0.1) is 6.92 Å². The summed E-state index contributed by atoms with van der Waals surface area (Å²) in [4.78, 5) is 34.7. The monoisotopic (exact) mass is 345 g/mol. The molecule has 1 aromatic carbocycles. The predicted octanol–water partition coefficient (Wildman–Crippen LogP) is 1.63. The van der Waals surface area contributed by atoms with Gasteiger partial charge in [0.25, 0.3) is 5.91 Å². The average Bonchev–Trinajstić information content (AvgIpc) is 3.28. The molecule has 6 heteroatoms. The van der Waals surface area contributed by atoms with E-state index in [1.807, 2.05) is 19.9 Å². The van der Waals surface area contributed by atoms with Gasteiger partial charge in [-0.3, -0.25) is 9.59 Å². The summed E-state index contributed by atoms with van der Waals surface area (Å²) in [6.07, 6.45) is 5.09. The van der Waals surface area contributed by atoms with Crippen LogP contribution in [0.2, 0.25) is 0 Å². The first-order chi connectivity index (χ1) is 11.9. The maximum atomic E-state index is 12.6. The van der Waals surface area contributed by atoms with Crippen molar-refractivity contribution in [1.29, 1.82) is 0 Å². The third-order valence-corrected chi connectivity index (χ3v) is 4.92. The van der Waals surface area contributed by atoms with Crippen LogP contribution in [0.5, 0.6) is 0 Å². The number of benzene rings is 1. The molecule has 3 N–H and O–H groups in total. The molecule has 1 aromatic rings. The summed E-state index contributed by atoms with van der Waals surface area (Å²) in [6.45, 7) is 4.60. The summed E-state index contributed by atoms with van der Waals surface area (Å²) in [5.41, 5.74) is 9.99. The second kappa shape index (κ2) is 7.78. The van der Waals surface area contributed by atoms with E-state index in [9.17, 15) is 9.59 Å². The number of hydrogen-bond donors (Lipinski definition) is 2. The van der Waals surface area contributed by atoms with Gasteiger partial charge in [0.15, 0.2) is 0 Å². The maximum absolute atomic E-state index is 12.6. The Balaban J connectivity index is 0.000000511. The van der Waals surface area contributed by atoms with Crippen molar-refractivity contribution in [2.45, 2.75) is 57.7 Å². The van der Waals surface area contributed by atoms with Crippen molar-refractivity contribution in [2.24, 2.45) is 5.73 Å². The molecule has 0 saturated heterocycles. The van der Waals surface area contributed by atoms with Crippen LogP contribution in [0.3, 0.4) is 0 Å². The summed E-state index contributed by atoms with van der Waals surface area (Å²) in [5.74, 6) is -0.0234. The molecule has 1 unspecified atom stereocenters. The van der Waals surface area contributed by atoms with E-state index in [4.69, 9.17) is 10.5 Å². The number of amides is 2. The van der Waals surface area contributed by atoms with Gasteiger partial charge in [0.2, 0.25) is 6.41 Å². The van der Waals surface area contributed by atoms with Gasteiger partial charge < -0.3 is 20.7 Å². The van der Waals surface area contributed by atoms with Crippen molar-refractivity contribution in [3.05, 3.63) is 34.4 Å². The van der Waals surface area contributed by atoms with Crippen molar-refractivity contribution in [2.75, 3.05) is 7.05 Å². The lowest BCUT2D eigenvalue weighted by Gasteiger charge is -2.22. The highest BCUT2D eigenvalue weighted by molar-refractivity contribution is 6.00. The zero-order valence-electron chi connectivity index (χ0n) is 15.2. The first-order valence-electron chi connectivity index (χ1n) is 8.71. The van der Waals surface area contributed by atoms with E-state index >= 15 is 0 Å². The molecule has 1 fully saturated rings. The number of aryl methyl sites for hydroxylation is 1. The van der Waals surface area contributed by atoms with Crippen LogP contribution in [0.1, 0.15) is 59.7 Å². The van der Waals surface area contributed by atoms with Gasteiger partial charge >= 0.3 is 0 Å². The number of rotatable bonds is 6. The van der Waals surface area contributed by atoms with Gasteiger partial charge in [-0.2, -0.15) is 0 Å². The quantitative estimate of drug-likeness (QED) is 0.767. The smallest absolute Gasteiger partial charge is 0.255 e. The number of carbonyl (C=O) groups is 3. The van der Waals surface area contributed by atoms with Gasteiger partial charge in [0, 0.05) is 24.7 Å². The number of aldehydes is 1. The minimum absolute atomic E-state index is 0.0234. The number of nitrogens with zero attached hydrogens (tertiary/aromatic N) is 1. The summed E-state index contributed by atoms with van der Waals surface area (Å²) in [5, 5.41) is 2.25. The molecule has 1 atom stereocenters. The molecule has 3 rings (SSSR count). The zero-order valence-corrected chi connectivity index (χ0v) is 15.2. The largest absolute Gasteiger partial charge is 0.362 e. The second-order valence-corrected chi connectivity index (χ2v) is 6.81. The summed E-state index contributed by atoms with van der Waals surface area (Å²) < 4.78 is 0. The van der Waals surface area contributed by atoms with Gasteiger partial charge in [-0.15, -0.1) is 0 Å². The van der Waals surface area contributed by atoms with Gasteiger partial charge in [0.1, 0.15) is 6.29 Å². The van der Waals surface area contributed by atoms with Gasteiger partial charge in [-0.05, 0) is 48.9 Å². The van der Waals surface area contributed by atoms with Gasteiger partial charge in [-0.25, -0.2) is 0 Å². The lowest BCUT2D eigenvalue weighted by molar-refractivity contribution is -0.112. The van der Waals surface area contributed by atoms with Gasteiger partial charge in [0.05, 0.1) is 6.04 Å². The van der Waals surface area contributed by atoms with E-state index in [-0.39, 0.29) is 17.5 Å². The minimum atomic E-state index is -0.314. The molecule has 1 saturated carbocycles. The number of fused-ring (bicyclic) bond motifs is 1. The zero-order chi connectivity index (χ0) is 18.6. The molecular weight excluding hydrogens is 318 g/mol. The molecule has 0 spiro atoms. The number of nitrogens with one attached hydrogen (secondary N) is 1. The van der Waals surface area contributed by atoms with Crippen LogP contribution in [-0.2, 0) is 21.7 Å². The Morgan fingerprint density at radius 2 is 2.00 bits per heavy atom. The Hall–Kier alpha value is -2.21. The fourth-order valence-corrected chi connectivity index (χ4v) is 3.19. The Morgan fingerprint density at radius 3 is 2.48 bits per heavy atom. The van der Waals surface area contributed by atoms with Gasteiger partial charge in [-0.1, -0.05) is 19.4 Å². The predicted molar refractivity (Wildman–Crippen MR) is 96.0 cm³/mol. The summed E-state index contributed by atoms with van der Waals surface area (Å²) in [6, 6.07) is 3.75. The normalized spacial score (nSPS) is 17.9. The summed E-state index contributed by atoms with van der Waals surface area (Å²) >= 11 is 0. The molecule has 2 aliphatic rings. The molecule has 1 aliphatic heterocycles. The topological polar surface area (TPSA) is 92.5 Å². The van der Waals surface area contributed by atoms with E-state index in [2.05, 4.69) is 11.4 Å². The standard InChI is InChI=1S/C17H22N2O2.C2H5NO/c1-3-4-13(10-20)19-9-15-11(2)7-12(17(18)5-6-17)8-14(15)16(19)21;1-3-2-4/h7-8,10,13H,3-6,9,18H2,1-2H3;2H,1H3,(H,3,4). The molecule has 136 valence electrons. The average molecular weight is 345 g/mol. The van der Waals surface area contributed by atoms with E-state index in [1.165, 1.54) is 0 Å².